The average molecular weight is 263 g/mol. The van der Waals surface area contributed by atoms with E-state index in [0.717, 1.165) is 11.1 Å². The van der Waals surface area contributed by atoms with Crippen LogP contribution in [0, 0.1) is 0 Å². The van der Waals surface area contributed by atoms with Crippen molar-refractivity contribution in [3.05, 3.63) is 42.6 Å². The van der Waals surface area contributed by atoms with E-state index in [9.17, 15) is 8.42 Å². The maximum absolute atomic E-state index is 11.5. The lowest BCUT2D eigenvalue weighted by molar-refractivity contribution is 0.399. The van der Waals surface area contributed by atoms with Crippen molar-refractivity contribution >= 4 is 9.84 Å². The second-order valence-electron chi connectivity index (χ2n) is 3.86. The molecule has 4 nitrogen and oxygen atoms in total. The normalized spacial score (nSPS) is 11.2. The van der Waals surface area contributed by atoms with E-state index in [1.165, 1.54) is 13.4 Å². The average Bonchev–Trinajstić information content (AvgIpc) is 2.38. The molecular weight excluding hydrogens is 250 g/mol. The van der Waals surface area contributed by atoms with Crippen molar-refractivity contribution in [3.8, 4) is 17.0 Å². The standard InChI is InChI=1S/C13H13NO3S/c1-17-13-12(7-4-8-14-13)10-5-3-6-11(9-10)18(2,15)16/h3-9H,1-2H3. The summed E-state index contributed by atoms with van der Waals surface area (Å²) in [6.45, 7) is 0. The molecule has 0 bridgehead atoms. The minimum atomic E-state index is -3.21. The highest BCUT2D eigenvalue weighted by Gasteiger charge is 2.11. The maximum atomic E-state index is 11.5. The first kappa shape index (κ1) is 12.6. The summed E-state index contributed by atoms with van der Waals surface area (Å²) in [5.41, 5.74) is 1.54. The molecule has 0 spiro atoms. The molecule has 0 N–H and O–H groups in total. The molecule has 5 heteroatoms. The van der Waals surface area contributed by atoms with E-state index in [1.54, 1.807) is 30.5 Å². The number of benzene rings is 1. The number of nitrogens with zero attached hydrogens (tertiary/aromatic N) is 1. The van der Waals surface area contributed by atoms with E-state index in [-0.39, 0.29) is 4.90 Å². The Morgan fingerprint density at radius 2 is 1.94 bits per heavy atom. The monoisotopic (exact) mass is 263 g/mol. The third-order valence-corrected chi connectivity index (χ3v) is 3.65. The van der Waals surface area contributed by atoms with Crippen LogP contribution >= 0.6 is 0 Å². The zero-order valence-electron chi connectivity index (χ0n) is 10.1. The lowest BCUT2D eigenvalue weighted by Gasteiger charge is -2.08. The number of hydrogen-bond acceptors (Lipinski definition) is 4. The Bertz CT molecular complexity index is 665. The Labute approximate surface area is 106 Å². The molecule has 2 rings (SSSR count). The molecular formula is C13H13NO3S. The first-order valence-corrected chi connectivity index (χ1v) is 7.21. The van der Waals surface area contributed by atoms with Gasteiger partial charge in [-0.2, -0.15) is 0 Å². The highest BCUT2D eigenvalue weighted by atomic mass is 32.2. The highest BCUT2D eigenvalue weighted by Crippen LogP contribution is 2.28. The second-order valence-corrected chi connectivity index (χ2v) is 5.88. The molecule has 1 heterocycles. The fourth-order valence-electron chi connectivity index (χ4n) is 1.67. The Morgan fingerprint density at radius 1 is 1.17 bits per heavy atom. The molecule has 0 unspecified atom stereocenters. The van der Waals surface area contributed by atoms with Gasteiger partial charge in [-0.1, -0.05) is 12.1 Å². The summed E-state index contributed by atoms with van der Waals surface area (Å²) in [7, 11) is -1.68. The van der Waals surface area contributed by atoms with E-state index in [1.807, 2.05) is 12.1 Å². The van der Waals surface area contributed by atoms with E-state index in [0.29, 0.717) is 5.88 Å². The number of rotatable bonds is 3. The van der Waals surface area contributed by atoms with Crippen LogP contribution in [-0.4, -0.2) is 26.8 Å². The highest BCUT2D eigenvalue weighted by molar-refractivity contribution is 7.90. The van der Waals surface area contributed by atoms with Crippen LogP contribution in [-0.2, 0) is 9.84 Å². The van der Waals surface area contributed by atoms with Gasteiger partial charge >= 0.3 is 0 Å². The summed E-state index contributed by atoms with van der Waals surface area (Å²) in [5, 5.41) is 0. The molecule has 94 valence electrons. The van der Waals surface area contributed by atoms with Crippen LogP contribution < -0.4 is 4.74 Å². The van der Waals surface area contributed by atoms with Crippen molar-refractivity contribution in [1.82, 2.24) is 4.98 Å². The molecule has 0 aliphatic rings. The van der Waals surface area contributed by atoms with Crippen LogP contribution in [0.2, 0.25) is 0 Å². The van der Waals surface area contributed by atoms with Gasteiger partial charge < -0.3 is 4.74 Å². The van der Waals surface area contributed by atoms with E-state index < -0.39 is 9.84 Å². The van der Waals surface area contributed by atoms with Crippen molar-refractivity contribution < 1.29 is 13.2 Å². The molecule has 0 saturated carbocycles. The van der Waals surface area contributed by atoms with E-state index in [2.05, 4.69) is 4.98 Å². The molecule has 0 fully saturated rings. The molecule has 18 heavy (non-hydrogen) atoms. The maximum Gasteiger partial charge on any atom is 0.221 e. The largest absolute Gasteiger partial charge is 0.481 e. The lowest BCUT2D eigenvalue weighted by Crippen LogP contribution is -1.97. The Hall–Kier alpha value is -1.88. The van der Waals surface area contributed by atoms with Gasteiger partial charge in [0.25, 0.3) is 0 Å². The number of pyridine rings is 1. The molecule has 0 radical (unpaired) electrons. The summed E-state index contributed by atoms with van der Waals surface area (Å²) in [5.74, 6) is 0.475. The van der Waals surface area contributed by atoms with Crippen LogP contribution in [0.1, 0.15) is 0 Å². The van der Waals surface area contributed by atoms with Crippen molar-refractivity contribution in [2.75, 3.05) is 13.4 Å². The first-order valence-electron chi connectivity index (χ1n) is 5.32. The van der Waals surface area contributed by atoms with E-state index >= 15 is 0 Å². The van der Waals surface area contributed by atoms with Gasteiger partial charge in [-0.15, -0.1) is 0 Å². The SMILES string of the molecule is COc1ncccc1-c1cccc(S(C)(=O)=O)c1. The van der Waals surface area contributed by atoms with Gasteiger partial charge in [-0.05, 0) is 29.8 Å². The van der Waals surface area contributed by atoms with Gasteiger partial charge in [0.1, 0.15) is 0 Å². The summed E-state index contributed by atoms with van der Waals surface area (Å²) in [6.07, 6.45) is 2.81. The van der Waals surface area contributed by atoms with Gasteiger partial charge in [0.2, 0.25) is 5.88 Å². The Kier molecular flexibility index (Phi) is 3.34. The Balaban J connectivity index is 2.58. The molecule has 1 aromatic carbocycles. The van der Waals surface area contributed by atoms with E-state index in [4.69, 9.17) is 4.74 Å². The van der Waals surface area contributed by atoms with Crippen LogP contribution in [0.3, 0.4) is 0 Å². The molecule has 0 aliphatic carbocycles. The lowest BCUT2D eigenvalue weighted by atomic mass is 10.1. The van der Waals surface area contributed by atoms with Gasteiger partial charge in [0.05, 0.1) is 12.0 Å². The van der Waals surface area contributed by atoms with Gasteiger partial charge in [0.15, 0.2) is 9.84 Å². The fourth-order valence-corrected chi connectivity index (χ4v) is 2.33. The molecule has 0 aliphatic heterocycles. The van der Waals surface area contributed by atoms with Crippen molar-refractivity contribution in [2.45, 2.75) is 4.90 Å². The van der Waals surface area contributed by atoms with Gasteiger partial charge in [-0.25, -0.2) is 13.4 Å². The van der Waals surface area contributed by atoms with Crippen LogP contribution in [0.4, 0.5) is 0 Å². The number of methoxy groups -OCH3 is 1. The minimum Gasteiger partial charge on any atom is -0.481 e. The zero-order chi connectivity index (χ0) is 13.2. The van der Waals surface area contributed by atoms with Crippen molar-refractivity contribution in [3.63, 3.8) is 0 Å². The summed E-state index contributed by atoms with van der Waals surface area (Å²) in [4.78, 5) is 4.38. The zero-order valence-corrected chi connectivity index (χ0v) is 10.9. The van der Waals surface area contributed by atoms with Crippen LogP contribution in [0.25, 0.3) is 11.1 Å². The van der Waals surface area contributed by atoms with Crippen molar-refractivity contribution in [1.29, 1.82) is 0 Å². The van der Waals surface area contributed by atoms with Crippen LogP contribution in [0.15, 0.2) is 47.5 Å². The molecule has 1 aromatic heterocycles. The van der Waals surface area contributed by atoms with Crippen molar-refractivity contribution in [2.24, 2.45) is 0 Å². The summed E-state index contributed by atoms with van der Waals surface area (Å²) < 4.78 is 28.2. The molecule has 0 saturated heterocycles. The third kappa shape index (κ3) is 2.51. The molecule has 2 aromatic rings. The predicted octanol–water partition coefficient (Wildman–Crippen LogP) is 2.16. The van der Waals surface area contributed by atoms with Gasteiger partial charge in [0, 0.05) is 18.0 Å². The van der Waals surface area contributed by atoms with Gasteiger partial charge in [-0.3, -0.25) is 0 Å². The Morgan fingerprint density at radius 3 is 2.61 bits per heavy atom. The summed E-state index contributed by atoms with van der Waals surface area (Å²) in [6, 6.07) is 10.3. The molecule has 0 amide bonds. The number of aromatic nitrogens is 1. The topological polar surface area (TPSA) is 56.3 Å². The summed E-state index contributed by atoms with van der Waals surface area (Å²) >= 11 is 0. The predicted molar refractivity (Wildman–Crippen MR) is 69.3 cm³/mol. The first-order chi connectivity index (χ1) is 8.52. The molecule has 0 atom stereocenters. The fraction of sp³-hybridized carbons (Fsp3) is 0.154. The second kappa shape index (κ2) is 4.78. The van der Waals surface area contributed by atoms with Crippen LogP contribution in [0.5, 0.6) is 5.88 Å². The number of sulfone groups is 1. The number of hydrogen-bond donors (Lipinski definition) is 0. The minimum absolute atomic E-state index is 0.283. The third-order valence-electron chi connectivity index (χ3n) is 2.54. The smallest absolute Gasteiger partial charge is 0.221 e. The number of ether oxygens (including phenoxy) is 1. The quantitative estimate of drug-likeness (QED) is 0.851.